The van der Waals surface area contributed by atoms with Crippen molar-refractivity contribution < 1.29 is 4.79 Å². The van der Waals surface area contributed by atoms with Crippen molar-refractivity contribution in [3.05, 3.63) is 42.4 Å². The highest BCUT2D eigenvalue weighted by atomic mass is 16.2. The van der Waals surface area contributed by atoms with Crippen LogP contribution in [0.4, 0.5) is 10.7 Å². The second-order valence-electron chi connectivity index (χ2n) is 7.00. The summed E-state index contributed by atoms with van der Waals surface area (Å²) in [6.07, 6.45) is 7.37. The van der Waals surface area contributed by atoms with Crippen molar-refractivity contribution in [2.75, 3.05) is 25.0 Å². The van der Waals surface area contributed by atoms with E-state index in [1.165, 1.54) is 19.3 Å². The number of rotatable bonds is 5. The van der Waals surface area contributed by atoms with Crippen LogP contribution >= 0.6 is 0 Å². The molecule has 2 N–H and O–H groups in total. The molecule has 1 fully saturated rings. The first-order chi connectivity index (χ1) is 13.7. The number of amides is 2. The number of nitrogens with one attached hydrogen (secondary N) is 2. The lowest BCUT2D eigenvalue weighted by atomic mass is 10.1. The molecule has 4 rings (SSSR count). The third kappa shape index (κ3) is 4.12. The summed E-state index contributed by atoms with van der Waals surface area (Å²) >= 11 is 0. The Bertz CT molecular complexity index is 948. The van der Waals surface area contributed by atoms with Crippen molar-refractivity contribution >= 4 is 17.6 Å². The Hall–Kier alpha value is -3.00. The monoisotopic (exact) mass is 379 g/mol. The molecule has 4 heterocycles. The van der Waals surface area contributed by atoms with Crippen molar-refractivity contribution in [2.24, 2.45) is 0 Å². The molecule has 1 aliphatic heterocycles. The van der Waals surface area contributed by atoms with Crippen LogP contribution < -0.4 is 10.6 Å². The third-order valence-corrected chi connectivity index (χ3v) is 4.90. The molecule has 1 aliphatic rings. The van der Waals surface area contributed by atoms with Crippen molar-refractivity contribution in [3.8, 4) is 11.1 Å². The van der Waals surface area contributed by atoms with E-state index in [-0.39, 0.29) is 6.03 Å². The van der Waals surface area contributed by atoms with Crippen LogP contribution in [0.2, 0.25) is 0 Å². The van der Waals surface area contributed by atoms with Gasteiger partial charge in [-0.1, -0.05) is 12.5 Å². The van der Waals surface area contributed by atoms with E-state index in [9.17, 15) is 4.79 Å². The topological polar surface area (TPSA) is 87.4 Å². The Morgan fingerprint density at radius 1 is 1.18 bits per heavy atom. The van der Waals surface area contributed by atoms with Crippen molar-refractivity contribution in [1.29, 1.82) is 0 Å². The fourth-order valence-corrected chi connectivity index (χ4v) is 3.57. The molecule has 8 nitrogen and oxygen atoms in total. The van der Waals surface area contributed by atoms with Crippen molar-refractivity contribution in [3.63, 3.8) is 0 Å². The molecule has 0 spiro atoms. The molecular weight excluding hydrogens is 354 g/mol. The van der Waals surface area contributed by atoms with Gasteiger partial charge in [-0.25, -0.2) is 9.31 Å². The van der Waals surface area contributed by atoms with Gasteiger partial charge in [0, 0.05) is 31.0 Å². The van der Waals surface area contributed by atoms with Crippen LogP contribution in [0.5, 0.6) is 0 Å². The number of nitrogens with zero attached hydrogens (tertiary/aromatic N) is 5. The molecule has 3 aromatic heterocycles. The van der Waals surface area contributed by atoms with Gasteiger partial charge in [-0.15, -0.1) is 5.10 Å². The summed E-state index contributed by atoms with van der Waals surface area (Å²) in [4.78, 5) is 23.0. The highest BCUT2D eigenvalue weighted by Gasteiger charge is 2.16. The van der Waals surface area contributed by atoms with Gasteiger partial charge in [-0.05, 0) is 56.6 Å². The number of anilines is 1. The normalized spacial score (nSPS) is 14.9. The number of piperidine rings is 1. The molecule has 0 aliphatic carbocycles. The van der Waals surface area contributed by atoms with Crippen molar-refractivity contribution in [2.45, 2.75) is 32.7 Å². The van der Waals surface area contributed by atoms with Crippen LogP contribution in [-0.2, 0) is 6.54 Å². The van der Waals surface area contributed by atoms with Gasteiger partial charge in [-0.2, -0.15) is 4.98 Å². The van der Waals surface area contributed by atoms with E-state index in [4.69, 9.17) is 0 Å². The van der Waals surface area contributed by atoms with E-state index >= 15 is 0 Å². The fraction of sp³-hybridized carbons (Fsp3) is 0.400. The molecule has 0 aromatic carbocycles. The van der Waals surface area contributed by atoms with E-state index in [2.05, 4.69) is 36.7 Å². The fourth-order valence-electron chi connectivity index (χ4n) is 3.57. The molecule has 146 valence electrons. The Kier molecular flexibility index (Phi) is 5.48. The van der Waals surface area contributed by atoms with Gasteiger partial charge in [0.05, 0.1) is 5.69 Å². The van der Waals surface area contributed by atoms with E-state index in [0.717, 1.165) is 36.5 Å². The van der Waals surface area contributed by atoms with Crippen LogP contribution in [0, 0.1) is 0 Å². The number of hydrogen-bond donors (Lipinski definition) is 2. The lowest BCUT2D eigenvalue weighted by Crippen LogP contribution is -2.30. The molecule has 0 unspecified atom stereocenters. The summed E-state index contributed by atoms with van der Waals surface area (Å²) in [6.45, 7) is 5.40. The van der Waals surface area contributed by atoms with E-state index in [1.54, 1.807) is 6.20 Å². The molecule has 28 heavy (non-hydrogen) atoms. The SMILES string of the molecule is CCNC(=O)Nc1nc2cc(-c3cccnc3)cc(CN3CCCCC3)n2n1. The van der Waals surface area contributed by atoms with Crippen LogP contribution in [0.3, 0.4) is 0 Å². The lowest BCUT2D eigenvalue weighted by molar-refractivity contribution is 0.217. The highest BCUT2D eigenvalue weighted by molar-refractivity contribution is 5.87. The Morgan fingerprint density at radius 3 is 2.79 bits per heavy atom. The first-order valence-electron chi connectivity index (χ1n) is 9.80. The second kappa shape index (κ2) is 8.35. The summed E-state index contributed by atoms with van der Waals surface area (Å²) in [7, 11) is 0. The zero-order valence-electron chi connectivity index (χ0n) is 16.1. The number of urea groups is 1. The van der Waals surface area contributed by atoms with Gasteiger partial charge in [0.1, 0.15) is 0 Å². The maximum absolute atomic E-state index is 11.9. The highest BCUT2D eigenvalue weighted by Crippen LogP contribution is 2.24. The zero-order valence-corrected chi connectivity index (χ0v) is 16.1. The smallest absolute Gasteiger partial charge is 0.321 e. The van der Waals surface area contributed by atoms with E-state index in [0.29, 0.717) is 18.1 Å². The third-order valence-electron chi connectivity index (χ3n) is 4.90. The summed E-state index contributed by atoms with van der Waals surface area (Å²) < 4.78 is 1.83. The van der Waals surface area contributed by atoms with E-state index < -0.39 is 0 Å². The Balaban J connectivity index is 1.71. The average molecular weight is 379 g/mol. The largest absolute Gasteiger partial charge is 0.338 e. The van der Waals surface area contributed by atoms with Gasteiger partial charge >= 0.3 is 6.03 Å². The molecule has 8 heteroatoms. The number of pyridine rings is 2. The Morgan fingerprint density at radius 2 is 2.04 bits per heavy atom. The number of carbonyl (C=O) groups is 1. The second-order valence-corrected chi connectivity index (χ2v) is 7.00. The maximum atomic E-state index is 11.9. The minimum atomic E-state index is -0.302. The van der Waals surface area contributed by atoms with Crippen LogP contribution in [0.1, 0.15) is 31.9 Å². The number of hydrogen-bond acceptors (Lipinski definition) is 5. The minimum Gasteiger partial charge on any atom is -0.338 e. The Labute approximate surface area is 164 Å². The zero-order chi connectivity index (χ0) is 19.3. The van der Waals surface area contributed by atoms with Crippen LogP contribution in [0.15, 0.2) is 36.7 Å². The standard InChI is InChI=1S/C20H25N7O/c1-2-22-20(28)24-19-23-18-12-16(15-7-6-8-21-13-15)11-17(27(18)25-19)14-26-9-4-3-5-10-26/h6-8,11-13H,2-5,9-10,14H2,1H3,(H2,22,24,25,28). The van der Waals surface area contributed by atoms with Gasteiger partial charge in [0.25, 0.3) is 5.95 Å². The number of likely N-dealkylation sites (tertiary alicyclic amines) is 1. The van der Waals surface area contributed by atoms with Gasteiger partial charge < -0.3 is 5.32 Å². The van der Waals surface area contributed by atoms with E-state index in [1.807, 2.05) is 35.8 Å². The summed E-state index contributed by atoms with van der Waals surface area (Å²) in [6, 6.07) is 7.78. The van der Waals surface area contributed by atoms with Crippen molar-refractivity contribution in [1.82, 2.24) is 29.8 Å². The number of fused-ring (bicyclic) bond motifs is 1. The van der Waals surface area contributed by atoms with Gasteiger partial charge in [-0.3, -0.25) is 15.2 Å². The molecular formula is C20H25N7O. The quantitative estimate of drug-likeness (QED) is 0.712. The van der Waals surface area contributed by atoms with Gasteiger partial charge in [0.15, 0.2) is 5.65 Å². The first-order valence-corrected chi connectivity index (χ1v) is 9.80. The molecule has 2 amide bonds. The molecule has 0 radical (unpaired) electrons. The summed E-state index contributed by atoms with van der Waals surface area (Å²) in [5, 5.41) is 9.93. The molecule has 1 saturated heterocycles. The number of aromatic nitrogens is 4. The molecule has 0 saturated carbocycles. The maximum Gasteiger partial charge on any atom is 0.321 e. The minimum absolute atomic E-state index is 0.300. The van der Waals surface area contributed by atoms with Crippen LogP contribution in [0.25, 0.3) is 16.8 Å². The summed E-state index contributed by atoms with van der Waals surface area (Å²) in [5.41, 5.74) is 3.84. The predicted octanol–water partition coefficient (Wildman–Crippen LogP) is 2.92. The summed E-state index contributed by atoms with van der Waals surface area (Å²) in [5.74, 6) is 0.300. The predicted molar refractivity (Wildman–Crippen MR) is 108 cm³/mol. The lowest BCUT2D eigenvalue weighted by Gasteiger charge is -2.26. The molecule has 3 aromatic rings. The molecule has 0 bridgehead atoms. The molecule has 0 atom stereocenters. The van der Waals surface area contributed by atoms with Crippen LogP contribution in [-0.4, -0.2) is 50.1 Å². The van der Waals surface area contributed by atoms with Gasteiger partial charge in [0.2, 0.25) is 0 Å². The number of carbonyl (C=O) groups excluding carboxylic acids is 1. The first kappa shape index (κ1) is 18.4. The average Bonchev–Trinajstić information content (AvgIpc) is 3.12.